The van der Waals surface area contributed by atoms with Crippen LogP contribution in [0.5, 0.6) is 0 Å². The molecular weight excluding hydrogens is 356 g/mol. The lowest BCUT2D eigenvalue weighted by Crippen LogP contribution is -2.51. The van der Waals surface area contributed by atoms with Gasteiger partial charge in [0.05, 0.1) is 5.37 Å². The third-order valence-electron chi connectivity index (χ3n) is 4.73. The fourth-order valence-electron chi connectivity index (χ4n) is 3.27. The average Bonchev–Trinajstić information content (AvgIpc) is 2.95. The molecule has 0 spiro atoms. The number of carbonyl (C=O) groups excluding carboxylic acids is 2. The van der Waals surface area contributed by atoms with Crippen molar-refractivity contribution in [2.75, 3.05) is 5.75 Å². The van der Waals surface area contributed by atoms with E-state index in [1.54, 1.807) is 11.8 Å². The van der Waals surface area contributed by atoms with E-state index in [-0.39, 0.29) is 28.6 Å². The van der Waals surface area contributed by atoms with Crippen molar-refractivity contribution in [1.82, 2.24) is 10.2 Å². The highest BCUT2D eigenvalue weighted by atomic mass is 32.2. The Morgan fingerprint density at radius 2 is 1.74 bits per heavy atom. The molecule has 1 fully saturated rings. The number of rotatable bonds is 5. The molecule has 1 aliphatic heterocycles. The molecule has 150 valence electrons. The molecule has 0 saturated carbocycles. The zero-order chi connectivity index (χ0) is 20.4. The summed E-state index contributed by atoms with van der Waals surface area (Å²) in [6.07, 6.45) is 0.891. The largest absolute Gasteiger partial charge is 0.352 e. The zero-order valence-electron chi connectivity index (χ0n) is 17.7. The Morgan fingerprint density at radius 1 is 1.15 bits per heavy atom. The monoisotopic (exact) mass is 390 g/mol. The Bertz CT molecular complexity index is 662. The van der Waals surface area contributed by atoms with Crippen LogP contribution >= 0.6 is 11.8 Å². The van der Waals surface area contributed by atoms with Gasteiger partial charge in [0.2, 0.25) is 5.91 Å². The Balaban J connectivity index is 2.29. The zero-order valence-corrected chi connectivity index (χ0v) is 18.5. The van der Waals surface area contributed by atoms with Crippen molar-refractivity contribution < 1.29 is 9.59 Å². The minimum absolute atomic E-state index is 0.0442. The maximum atomic E-state index is 13.3. The molecule has 0 radical (unpaired) electrons. The number of nitrogens with one attached hydrogen (secondary N) is 1. The van der Waals surface area contributed by atoms with E-state index in [9.17, 15) is 9.59 Å². The summed E-state index contributed by atoms with van der Waals surface area (Å²) in [5.74, 6) is 1.02. The van der Waals surface area contributed by atoms with Crippen LogP contribution in [0.15, 0.2) is 24.3 Å². The number of thioether (sulfide) groups is 1. The van der Waals surface area contributed by atoms with E-state index in [1.807, 2.05) is 43.0 Å². The van der Waals surface area contributed by atoms with Gasteiger partial charge in [0.25, 0.3) is 5.91 Å². The van der Waals surface area contributed by atoms with Gasteiger partial charge in [-0.1, -0.05) is 46.8 Å². The third kappa shape index (κ3) is 5.50. The standard InChI is InChI=1S/C22H34N2O2S/c1-14(2)12-19-24(18(13-27-19)20(25)23-15(3)4)21(26)16-8-10-17(11-9-16)22(5,6)7/h8-11,14-15,18-19H,12-13H2,1-7H3,(H,23,25). The van der Waals surface area contributed by atoms with E-state index < -0.39 is 6.04 Å². The van der Waals surface area contributed by atoms with E-state index in [2.05, 4.69) is 39.9 Å². The van der Waals surface area contributed by atoms with Crippen molar-refractivity contribution in [3.63, 3.8) is 0 Å². The molecule has 1 aromatic carbocycles. The van der Waals surface area contributed by atoms with E-state index in [0.29, 0.717) is 17.2 Å². The smallest absolute Gasteiger partial charge is 0.255 e. The lowest BCUT2D eigenvalue weighted by atomic mass is 9.86. The lowest BCUT2D eigenvalue weighted by molar-refractivity contribution is -0.125. The summed E-state index contributed by atoms with van der Waals surface area (Å²) in [6, 6.07) is 7.50. The van der Waals surface area contributed by atoms with Crippen LogP contribution in [0.25, 0.3) is 0 Å². The van der Waals surface area contributed by atoms with Gasteiger partial charge in [-0.25, -0.2) is 0 Å². The summed E-state index contributed by atoms with van der Waals surface area (Å²) < 4.78 is 0. The Morgan fingerprint density at radius 3 is 2.22 bits per heavy atom. The first-order valence-electron chi connectivity index (χ1n) is 9.86. The molecule has 5 heteroatoms. The van der Waals surface area contributed by atoms with Crippen molar-refractivity contribution in [2.45, 2.75) is 77.8 Å². The molecule has 4 nitrogen and oxygen atoms in total. The summed E-state index contributed by atoms with van der Waals surface area (Å²) in [5, 5.41) is 3.02. The molecule has 1 aliphatic rings. The Hall–Kier alpha value is -1.49. The van der Waals surface area contributed by atoms with Crippen molar-refractivity contribution in [1.29, 1.82) is 0 Å². The first kappa shape index (κ1) is 21.8. The predicted molar refractivity (Wildman–Crippen MR) is 114 cm³/mol. The van der Waals surface area contributed by atoms with E-state index >= 15 is 0 Å². The summed E-state index contributed by atoms with van der Waals surface area (Å²) >= 11 is 1.72. The van der Waals surface area contributed by atoms with Gasteiger partial charge in [0, 0.05) is 17.4 Å². The van der Waals surface area contributed by atoms with Gasteiger partial charge in [-0.15, -0.1) is 11.8 Å². The quantitative estimate of drug-likeness (QED) is 0.809. The second-order valence-corrected chi connectivity index (χ2v) is 10.3. The first-order chi connectivity index (χ1) is 12.5. The average molecular weight is 391 g/mol. The molecular formula is C22H34N2O2S. The predicted octanol–water partition coefficient (Wildman–Crippen LogP) is 4.44. The van der Waals surface area contributed by atoms with E-state index in [1.165, 1.54) is 5.56 Å². The molecule has 0 bridgehead atoms. The topological polar surface area (TPSA) is 49.4 Å². The summed E-state index contributed by atoms with van der Waals surface area (Å²) in [6.45, 7) is 14.7. The van der Waals surface area contributed by atoms with Crippen LogP contribution in [0.1, 0.15) is 70.8 Å². The molecule has 2 rings (SSSR count). The van der Waals surface area contributed by atoms with Crippen LogP contribution in [-0.4, -0.2) is 39.9 Å². The highest BCUT2D eigenvalue weighted by Gasteiger charge is 2.42. The number of hydrogen-bond acceptors (Lipinski definition) is 3. The Labute approximate surface area is 168 Å². The number of benzene rings is 1. The summed E-state index contributed by atoms with van der Waals surface area (Å²) in [4.78, 5) is 27.8. The molecule has 2 amide bonds. The second kappa shape index (κ2) is 8.68. The fraction of sp³-hybridized carbons (Fsp3) is 0.636. The molecule has 0 aliphatic carbocycles. The van der Waals surface area contributed by atoms with Gasteiger partial charge < -0.3 is 10.2 Å². The maximum Gasteiger partial charge on any atom is 0.255 e. The van der Waals surface area contributed by atoms with Crippen LogP contribution < -0.4 is 5.32 Å². The van der Waals surface area contributed by atoms with Crippen molar-refractivity contribution >= 4 is 23.6 Å². The lowest BCUT2D eigenvalue weighted by Gasteiger charge is -2.30. The molecule has 2 unspecified atom stereocenters. The van der Waals surface area contributed by atoms with Gasteiger partial charge in [-0.05, 0) is 49.3 Å². The molecule has 1 saturated heterocycles. The van der Waals surface area contributed by atoms with Gasteiger partial charge in [0.1, 0.15) is 6.04 Å². The number of nitrogens with zero attached hydrogens (tertiary/aromatic N) is 1. The SMILES string of the molecule is CC(C)CC1SCC(C(=O)NC(C)C)N1C(=O)c1ccc(C(C)(C)C)cc1. The summed E-state index contributed by atoms with van der Waals surface area (Å²) in [5.41, 5.74) is 1.90. The van der Waals surface area contributed by atoms with Gasteiger partial charge >= 0.3 is 0 Å². The van der Waals surface area contributed by atoms with Crippen LogP contribution in [0.2, 0.25) is 0 Å². The molecule has 2 atom stereocenters. The molecule has 0 aromatic heterocycles. The van der Waals surface area contributed by atoms with Crippen LogP contribution in [0.3, 0.4) is 0 Å². The van der Waals surface area contributed by atoms with Gasteiger partial charge in [0.15, 0.2) is 0 Å². The second-order valence-electron chi connectivity index (χ2n) is 9.14. The maximum absolute atomic E-state index is 13.3. The first-order valence-corrected chi connectivity index (χ1v) is 10.9. The molecule has 1 aromatic rings. The number of carbonyl (C=O) groups is 2. The van der Waals surface area contributed by atoms with Crippen LogP contribution in [-0.2, 0) is 10.2 Å². The normalized spacial score (nSPS) is 20.4. The van der Waals surface area contributed by atoms with Crippen LogP contribution in [0.4, 0.5) is 0 Å². The highest BCUT2D eigenvalue weighted by molar-refractivity contribution is 8.00. The van der Waals surface area contributed by atoms with E-state index in [4.69, 9.17) is 0 Å². The van der Waals surface area contributed by atoms with Crippen molar-refractivity contribution in [3.8, 4) is 0 Å². The number of amides is 2. The molecule has 1 N–H and O–H groups in total. The van der Waals surface area contributed by atoms with Gasteiger partial charge in [-0.2, -0.15) is 0 Å². The molecule has 27 heavy (non-hydrogen) atoms. The third-order valence-corrected chi connectivity index (χ3v) is 6.04. The number of hydrogen-bond donors (Lipinski definition) is 1. The van der Waals surface area contributed by atoms with Crippen molar-refractivity contribution in [3.05, 3.63) is 35.4 Å². The minimum atomic E-state index is -0.407. The fourth-order valence-corrected chi connectivity index (χ4v) is 4.91. The summed E-state index contributed by atoms with van der Waals surface area (Å²) in [7, 11) is 0. The van der Waals surface area contributed by atoms with Crippen molar-refractivity contribution in [2.24, 2.45) is 5.92 Å². The Kier molecular flexibility index (Phi) is 7.01. The van der Waals surface area contributed by atoms with Gasteiger partial charge in [-0.3, -0.25) is 9.59 Å². The minimum Gasteiger partial charge on any atom is -0.352 e. The molecule has 1 heterocycles. The van der Waals surface area contributed by atoms with Crippen LogP contribution in [0, 0.1) is 5.92 Å². The highest BCUT2D eigenvalue weighted by Crippen LogP contribution is 2.35. The van der Waals surface area contributed by atoms with E-state index in [0.717, 1.165) is 6.42 Å².